The van der Waals surface area contributed by atoms with Crippen LogP contribution in [0, 0.1) is 11.8 Å². The fraction of sp³-hybridized carbons (Fsp3) is 0.467. The largest absolute Gasteiger partial charge is 0.508 e. The highest BCUT2D eigenvalue weighted by molar-refractivity contribution is 5.85. The number of benzene rings is 2. The van der Waals surface area contributed by atoms with Crippen molar-refractivity contribution in [1.29, 1.82) is 0 Å². The standard InChI is InChI=1S/C30H36N4O/c1-3-19-17-34-13-11-30(18-31-26-16-21(35)8-9-24(26)30)28(34)15-20(19)14-27-29-23(10-12-33(27)2)22-6-4-5-7-25(22)32-29/h3-9,16,19-20,27-28,31-32,35H,1,10-15,17-18H2,2H3/t19-,20+,27+,28+,30+/m1/s1. The van der Waals surface area contributed by atoms with Crippen LogP contribution in [0.1, 0.15) is 42.1 Å². The van der Waals surface area contributed by atoms with Crippen molar-refractivity contribution in [3.63, 3.8) is 0 Å². The van der Waals surface area contributed by atoms with Gasteiger partial charge in [-0.05, 0) is 74.4 Å². The number of aromatic hydroxyl groups is 1. The minimum atomic E-state index is 0.151. The summed E-state index contributed by atoms with van der Waals surface area (Å²) < 4.78 is 0. The molecule has 0 radical (unpaired) electrons. The number of fused-ring (bicyclic) bond motifs is 7. The Morgan fingerprint density at radius 1 is 1.20 bits per heavy atom. The predicted octanol–water partition coefficient (Wildman–Crippen LogP) is 5.05. The first-order chi connectivity index (χ1) is 17.1. The number of phenols is 1. The Balaban J connectivity index is 1.22. The highest BCUT2D eigenvalue weighted by Crippen LogP contribution is 2.53. The van der Waals surface area contributed by atoms with E-state index in [1.54, 1.807) is 0 Å². The smallest absolute Gasteiger partial charge is 0.117 e. The summed E-state index contributed by atoms with van der Waals surface area (Å²) in [5.41, 5.74) is 6.94. The van der Waals surface area contributed by atoms with E-state index in [4.69, 9.17) is 0 Å². The van der Waals surface area contributed by atoms with E-state index in [2.05, 4.69) is 70.1 Å². The Bertz CT molecular complexity index is 1300. The lowest BCUT2D eigenvalue weighted by Gasteiger charge is -2.46. The molecule has 5 heteroatoms. The molecule has 0 amide bonds. The van der Waals surface area contributed by atoms with Gasteiger partial charge in [0, 0.05) is 59.4 Å². The summed E-state index contributed by atoms with van der Waals surface area (Å²) in [6, 6.07) is 15.7. The van der Waals surface area contributed by atoms with Crippen LogP contribution < -0.4 is 5.32 Å². The molecule has 0 saturated carbocycles. The molecule has 3 N–H and O–H groups in total. The van der Waals surface area contributed by atoms with E-state index in [9.17, 15) is 5.11 Å². The molecule has 4 aliphatic heterocycles. The second-order valence-corrected chi connectivity index (χ2v) is 11.4. The first kappa shape index (κ1) is 21.5. The summed E-state index contributed by atoms with van der Waals surface area (Å²) in [6.45, 7) is 8.65. The van der Waals surface area contributed by atoms with E-state index in [0.29, 0.717) is 29.7 Å². The first-order valence-electron chi connectivity index (χ1n) is 13.3. The van der Waals surface area contributed by atoms with Gasteiger partial charge < -0.3 is 15.4 Å². The van der Waals surface area contributed by atoms with Crippen LogP contribution in [0.25, 0.3) is 10.9 Å². The highest BCUT2D eigenvalue weighted by Gasteiger charge is 2.55. The molecule has 3 aromatic rings. The van der Waals surface area contributed by atoms with Crippen LogP contribution in [-0.2, 0) is 11.8 Å². The Labute approximate surface area is 207 Å². The van der Waals surface area contributed by atoms with Crippen molar-refractivity contribution in [2.75, 3.05) is 38.5 Å². The summed E-state index contributed by atoms with van der Waals surface area (Å²) in [5.74, 6) is 1.48. The number of rotatable bonds is 3. The molecule has 0 aliphatic carbocycles. The van der Waals surface area contributed by atoms with Crippen LogP contribution in [0.5, 0.6) is 5.75 Å². The molecule has 5 heterocycles. The zero-order valence-electron chi connectivity index (χ0n) is 20.6. The average Bonchev–Trinajstić information content (AvgIpc) is 3.54. The molecule has 2 saturated heterocycles. The molecule has 1 aromatic heterocycles. The fourth-order valence-electron chi connectivity index (χ4n) is 8.03. The van der Waals surface area contributed by atoms with Crippen molar-refractivity contribution < 1.29 is 5.11 Å². The van der Waals surface area contributed by atoms with Crippen LogP contribution in [0.4, 0.5) is 5.69 Å². The lowest BCUT2D eigenvalue weighted by Crippen LogP contribution is -2.51. The van der Waals surface area contributed by atoms with Crippen LogP contribution in [-0.4, -0.2) is 59.2 Å². The molecule has 182 valence electrons. The van der Waals surface area contributed by atoms with Gasteiger partial charge >= 0.3 is 0 Å². The van der Waals surface area contributed by atoms with Crippen LogP contribution in [0.15, 0.2) is 55.1 Å². The maximum absolute atomic E-state index is 10.0. The fourth-order valence-corrected chi connectivity index (χ4v) is 8.03. The summed E-state index contributed by atoms with van der Waals surface area (Å²) >= 11 is 0. The second-order valence-electron chi connectivity index (χ2n) is 11.4. The Morgan fingerprint density at radius 3 is 2.97 bits per heavy atom. The number of phenolic OH excluding ortho intramolecular Hbond substituents is 1. The van der Waals surface area contributed by atoms with Crippen molar-refractivity contribution in [2.45, 2.75) is 43.2 Å². The number of likely N-dealkylation sites (N-methyl/N-ethyl adjacent to an activating group) is 1. The third-order valence-corrected chi connectivity index (χ3v) is 9.89. The molecule has 5 atom stereocenters. The number of hydrogen-bond donors (Lipinski definition) is 3. The summed E-state index contributed by atoms with van der Waals surface area (Å²) in [5, 5.41) is 15.1. The van der Waals surface area contributed by atoms with Gasteiger partial charge in [0.2, 0.25) is 0 Å². The van der Waals surface area contributed by atoms with Crippen molar-refractivity contribution in [3.05, 3.63) is 71.9 Å². The average molecular weight is 469 g/mol. The third kappa shape index (κ3) is 3.14. The number of anilines is 1. The van der Waals surface area contributed by atoms with E-state index in [1.807, 2.05) is 12.1 Å². The van der Waals surface area contributed by atoms with E-state index in [1.165, 1.54) is 47.0 Å². The predicted molar refractivity (Wildman–Crippen MR) is 142 cm³/mol. The van der Waals surface area contributed by atoms with E-state index < -0.39 is 0 Å². The van der Waals surface area contributed by atoms with Crippen molar-refractivity contribution in [3.8, 4) is 5.75 Å². The monoisotopic (exact) mass is 468 g/mol. The van der Waals surface area contributed by atoms with Gasteiger partial charge in [0.05, 0.1) is 6.04 Å². The zero-order valence-corrected chi connectivity index (χ0v) is 20.6. The minimum Gasteiger partial charge on any atom is -0.508 e. The molecule has 1 spiro atoms. The molecule has 0 unspecified atom stereocenters. The zero-order chi connectivity index (χ0) is 23.7. The molecule has 7 rings (SSSR count). The number of H-pyrrole nitrogens is 1. The Hall–Kier alpha value is -2.76. The van der Waals surface area contributed by atoms with Gasteiger partial charge in [-0.25, -0.2) is 0 Å². The minimum absolute atomic E-state index is 0.151. The number of aromatic amines is 1. The van der Waals surface area contributed by atoms with E-state index in [0.717, 1.165) is 38.3 Å². The normalized spacial score (nSPS) is 32.4. The van der Waals surface area contributed by atoms with Crippen molar-refractivity contribution in [2.24, 2.45) is 11.8 Å². The van der Waals surface area contributed by atoms with Gasteiger partial charge in [0.25, 0.3) is 0 Å². The first-order valence-corrected chi connectivity index (χ1v) is 13.3. The Morgan fingerprint density at radius 2 is 2.09 bits per heavy atom. The molecule has 0 bridgehead atoms. The SMILES string of the molecule is C=C[C@@H]1CN2CC[C@@]3(CNc4cc(O)ccc43)[C@@H]2C[C@@H]1C[C@H]1c2[nH]c3ccccc3c2CCN1C. The van der Waals surface area contributed by atoms with Gasteiger partial charge in [-0.2, -0.15) is 0 Å². The maximum atomic E-state index is 10.0. The number of hydrogen-bond acceptors (Lipinski definition) is 4. The lowest BCUT2D eigenvalue weighted by molar-refractivity contribution is 0.0665. The highest BCUT2D eigenvalue weighted by atomic mass is 16.3. The van der Waals surface area contributed by atoms with Gasteiger partial charge in [-0.15, -0.1) is 6.58 Å². The Kier molecular flexibility index (Phi) is 4.84. The van der Waals surface area contributed by atoms with Gasteiger partial charge in [-0.1, -0.05) is 30.3 Å². The van der Waals surface area contributed by atoms with Crippen molar-refractivity contribution in [1.82, 2.24) is 14.8 Å². The van der Waals surface area contributed by atoms with Crippen LogP contribution in [0.3, 0.4) is 0 Å². The van der Waals surface area contributed by atoms with Crippen LogP contribution >= 0.6 is 0 Å². The molecule has 2 fully saturated rings. The lowest BCUT2D eigenvalue weighted by atomic mass is 9.68. The van der Waals surface area contributed by atoms with E-state index >= 15 is 0 Å². The number of aromatic nitrogens is 1. The van der Waals surface area contributed by atoms with Gasteiger partial charge in [0.1, 0.15) is 5.75 Å². The summed E-state index contributed by atoms with van der Waals surface area (Å²) in [4.78, 5) is 9.14. The number of para-hydroxylation sites is 1. The van der Waals surface area contributed by atoms with Gasteiger partial charge in [-0.3, -0.25) is 9.80 Å². The molecule has 4 aliphatic rings. The van der Waals surface area contributed by atoms with Crippen LogP contribution in [0.2, 0.25) is 0 Å². The third-order valence-electron chi connectivity index (χ3n) is 9.89. The molecular formula is C30H36N4O. The number of piperidine rings is 1. The summed E-state index contributed by atoms with van der Waals surface area (Å²) in [7, 11) is 2.30. The second kappa shape index (κ2) is 7.87. The quantitative estimate of drug-likeness (QED) is 0.471. The molecule has 35 heavy (non-hydrogen) atoms. The summed E-state index contributed by atoms with van der Waals surface area (Å²) in [6.07, 6.45) is 6.92. The van der Waals surface area contributed by atoms with E-state index in [-0.39, 0.29) is 5.41 Å². The number of nitrogens with one attached hydrogen (secondary N) is 2. The van der Waals surface area contributed by atoms with Crippen molar-refractivity contribution >= 4 is 16.6 Å². The number of nitrogens with zero attached hydrogens (tertiary/aromatic N) is 2. The molecule has 2 aromatic carbocycles. The topological polar surface area (TPSA) is 54.5 Å². The molecule has 5 nitrogen and oxygen atoms in total. The van der Waals surface area contributed by atoms with Gasteiger partial charge in [0.15, 0.2) is 0 Å². The maximum Gasteiger partial charge on any atom is 0.117 e. The molecular weight excluding hydrogens is 432 g/mol.